The number of rotatable bonds is 5. The minimum atomic E-state index is 0.401. The quantitative estimate of drug-likeness (QED) is 0.873. The van der Waals surface area contributed by atoms with Gasteiger partial charge in [-0.05, 0) is 36.6 Å². The Morgan fingerprint density at radius 1 is 1.29 bits per heavy atom. The molecule has 2 aromatic rings. The maximum atomic E-state index is 6.18. The number of aromatic nitrogens is 1. The number of hydrogen-bond donors (Lipinski definition) is 1. The van der Waals surface area contributed by atoms with Gasteiger partial charge in [0.05, 0.1) is 5.02 Å². The van der Waals surface area contributed by atoms with Crippen LogP contribution in [0.4, 0.5) is 0 Å². The van der Waals surface area contributed by atoms with Gasteiger partial charge >= 0.3 is 0 Å². The van der Waals surface area contributed by atoms with E-state index in [4.69, 9.17) is 16.3 Å². The Balaban J connectivity index is 2.20. The normalized spacial score (nSPS) is 11.0. The fourth-order valence-electron chi connectivity index (χ4n) is 1.91. The van der Waals surface area contributed by atoms with Crippen LogP contribution in [0.1, 0.15) is 30.5 Å². The van der Waals surface area contributed by atoms with Crippen molar-refractivity contribution in [1.29, 1.82) is 0 Å². The lowest BCUT2D eigenvalue weighted by molar-refractivity contribution is 0.457. The molecule has 0 radical (unpaired) electrons. The van der Waals surface area contributed by atoms with Gasteiger partial charge in [-0.3, -0.25) is 0 Å². The molecule has 0 aliphatic heterocycles. The molecule has 1 aromatic heterocycles. The summed E-state index contributed by atoms with van der Waals surface area (Å²) in [6, 6.07) is 8.28. The smallest absolute Gasteiger partial charge is 0.219 e. The van der Waals surface area contributed by atoms with Gasteiger partial charge in [-0.25, -0.2) is 4.98 Å². The van der Waals surface area contributed by atoms with Crippen molar-refractivity contribution < 1.29 is 4.74 Å². The zero-order valence-electron chi connectivity index (χ0n) is 12.9. The van der Waals surface area contributed by atoms with Gasteiger partial charge in [0.2, 0.25) is 5.88 Å². The largest absolute Gasteiger partial charge is 0.439 e. The average Bonchev–Trinajstić information content (AvgIpc) is 2.44. The highest BCUT2D eigenvalue weighted by atomic mass is 35.5. The summed E-state index contributed by atoms with van der Waals surface area (Å²) >= 11 is 6.18. The summed E-state index contributed by atoms with van der Waals surface area (Å²) in [7, 11) is 0. The van der Waals surface area contributed by atoms with Crippen molar-refractivity contribution in [2.45, 2.75) is 40.3 Å². The van der Waals surface area contributed by atoms with Gasteiger partial charge < -0.3 is 10.1 Å². The van der Waals surface area contributed by atoms with Gasteiger partial charge in [0.15, 0.2) is 0 Å². The molecule has 1 aromatic carbocycles. The topological polar surface area (TPSA) is 34.1 Å². The Kier molecular flexibility index (Phi) is 5.21. The van der Waals surface area contributed by atoms with E-state index in [-0.39, 0.29) is 0 Å². The van der Waals surface area contributed by atoms with Gasteiger partial charge in [-0.15, -0.1) is 0 Å². The zero-order chi connectivity index (χ0) is 15.4. The minimum Gasteiger partial charge on any atom is -0.439 e. The summed E-state index contributed by atoms with van der Waals surface area (Å²) in [5.41, 5.74) is 3.31. The Bertz CT molecular complexity index is 626. The van der Waals surface area contributed by atoms with Gasteiger partial charge in [0.1, 0.15) is 5.75 Å². The molecule has 1 heterocycles. The first-order valence-corrected chi connectivity index (χ1v) is 7.47. The second kappa shape index (κ2) is 6.92. The second-order valence-electron chi connectivity index (χ2n) is 5.45. The summed E-state index contributed by atoms with van der Waals surface area (Å²) in [5.74, 6) is 1.39. The van der Waals surface area contributed by atoms with E-state index in [1.165, 1.54) is 5.56 Å². The highest BCUT2D eigenvalue weighted by Gasteiger charge is 2.08. The van der Waals surface area contributed by atoms with E-state index in [9.17, 15) is 0 Å². The van der Waals surface area contributed by atoms with E-state index >= 15 is 0 Å². The van der Waals surface area contributed by atoms with E-state index in [0.29, 0.717) is 23.5 Å². The lowest BCUT2D eigenvalue weighted by atomic mass is 10.1. The van der Waals surface area contributed by atoms with Crippen molar-refractivity contribution >= 4 is 11.6 Å². The number of pyridine rings is 1. The van der Waals surface area contributed by atoms with Crippen LogP contribution in [0.3, 0.4) is 0 Å². The molecule has 0 saturated heterocycles. The van der Waals surface area contributed by atoms with Gasteiger partial charge in [-0.1, -0.05) is 37.6 Å². The second-order valence-corrected chi connectivity index (χ2v) is 5.86. The molecular formula is C17H21ClN2O. The fourth-order valence-corrected chi connectivity index (χ4v) is 2.08. The van der Waals surface area contributed by atoms with Crippen LogP contribution >= 0.6 is 11.6 Å². The molecule has 0 spiro atoms. The van der Waals surface area contributed by atoms with Crippen LogP contribution in [0.2, 0.25) is 5.02 Å². The number of nitrogens with one attached hydrogen (secondary N) is 1. The Morgan fingerprint density at radius 2 is 2.05 bits per heavy atom. The first kappa shape index (κ1) is 15.8. The maximum Gasteiger partial charge on any atom is 0.219 e. The van der Waals surface area contributed by atoms with Gasteiger partial charge in [0, 0.05) is 24.8 Å². The van der Waals surface area contributed by atoms with E-state index < -0.39 is 0 Å². The maximum absolute atomic E-state index is 6.18. The molecule has 3 nitrogen and oxygen atoms in total. The predicted octanol–water partition coefficient (Wildman–Crippen LogP) is 4.64. The molecule has 0 aliphatic rings. The van der Waals surface area contributed by atoms with Crippen LogP contribution in [0.15, 0.2) is 30.5 Å². The van der Waals surface area contributed by atoms with E-state index in [1.807, 2.05) is 25.1 Å². The summed E-state index contributed by atoms with van der Waals surface area (Å²) < 4.78 is 5.89. The molecule has 0 amide bonds. The number of aryl methyl sites for hydroxylation is 1. The fraction of sp³-hybridized carbons (Fsp3) is 0.353. The third kappa shape index (κ3) is 4.19. The average molecular weight is 305 g/mol. The highest BCUT2D eigenvalue weighted by molar-refractivity contribution is 6.31. The van der Waals surface area contributed by atoms with Crippen molar-refractivity contribution in [2.24, 2.45) is 0 Å². The third-order valence-corrected chi connectivity index (χ3v) is 3.72. The van der Waals surface area contributed by atoms with E-state index in [0.717, 1.165) is 16.9 Å². The van der Waals surface area contributed by atoms with Crippen LogP contribution in [-0.4, -0.2) is 11.0 Å². The lowest BCUT2D eigenvalue weighted by Gasteiger charge is -2.13. The molecule has 0 unspecified atom stereocenters. The third-order valence-electron chi connectivity index (χ3n) is 3.38. The predicted molar refractivity (Wildman–Crippen MR) is 87.2 cm³/mol. The van der Waals surface area contributed by atoms with Crippen LogP contribution in [-0.2, 0) is 6.54 Å². The van der Waals surface area contributed by atoms with Crippen molar-refractivity contribution in [3.63, 3.8) is 0 Å². The van der Waals surface area contributed by atoms with E-state index in [2.05, 4.69) is 37.1 Å². The van der Waals surface area contributed by atoms with Crippen LogP contribution < -0.4 is 10.1 Å². The van der Waals surface area contributed by atoms with Crippen molar-refractivity contribution in [1.82, 2.24) is 10.3 Å². The van der Waals surface area contributed by atoms with Crippen LogP contribution in [0, 0.1) is 13.8 Å². The highest BCUT2D eigenvalue weighted by Crippen LogP contribution is 2.27. The summed E-state index contributed by atoms with van der Waals surface area (Å²) in [6.45, 7) is 9.00. The monoisotopic (exact) mass is 304 g/mol. The molecular weight excluding hydrogens is 284 g/mol. The number of nitrogens with zero attached hydrogens (tertiary/aromatic N) is 1. The number of hydrogen-bond acceptors (Lipinski definition) is 3. The van der Waals surface area contributed by atoms with Crippen molar-refractivity contribution in [3.8, 4) is 11.6 Å². The summed E-state index contributed by atoms with van der Waals surface area (Å²) in [4.78, 5) is 4.25. The summed E-state index contributed by atoms with van der Waals surface area (Å²) in [5, 5.41) is 4.00. The number of ether oxygens (including phenoxy) is 1. The van der Waals surface area contributed by atoms with Gasteiger partial charge in [0.25, 0.3) is 0 Å². The van der Waals surface area contributed by atoms with Crippen molar-refractivity contribution in [2.75, 3.05) is 0 Å². The molecule has 2 rings (SSSR count). The Hall–Kier alpha value is -1.58. The first-order valence-electron chi connectivity index (χ1n) is 7.09. The molecule has 0 aliphatic carbocycles. The number of benzene rings is 1. The summed E-state index contributed by atoms with van der Waals surface area (Å²) in [6.07, 6.45) is 1.64. The molecule has 0 bridgehead atoms. The zero-order valence-corrected chi connectivity index (χ0v) is 13.7. The standard InChI is InChI=1S/C17H21ClN2O/c1-11(2)19-9-14-8-17(20-10-15(14)18)21-16-7-5-6-12(3)13(16)4/h5-8,10-11,19H,9H2,1-4H3. The molecule has 112 valence electrons. The minimum absolute atomic E-state index is 0.401. The first-order chi connectivity index (χ1) is 9.97. The molecule has 21 heavy (non-hydrogen) atoms. The van der Waals surface area contributed by atoms with Crippen molar-refractivity contribution in [3.05, 3.63) is 52.2 Å². The Labute approximate surface area is 131 Å². The lowest BCUT2D eigenvalue weighted by Crippen LogP contribution is -2.22. The van der Waals surface area contributed by atoms with E-state index in [1.54, 1.807) is 6.20 Å². The SMILES string of the molecule is Cc1cccc(Oc2cc(CNC(C)C)c(Cl)cn2)c1C. The molecule has 4 heteroatoms. The molecule has 0 atom stereocenters. The van der Waals surface area contributed by atoms with Crippen LogP contribution in [0.5, 0.6) is 11.6 Å². The number of halogens is 1. The molecule has 0 saturated carbocycles. The van der Waals surface area contributed by atoms with Gasteiger partial charge in [-0.2, -0.15) is 0 Å². The molecule has 0 fully saturated rings. The van der Waals surface area contributed by atoms with Crippen LogP contribution in [0.25, 0.3) is 0 Å². The molecule has 1 N–H and O–H groups in total. The Morgan fingerprint density at radius 3 is 2.76 bits per heavy atom.